The lowest BCUT2D eigenvalue weighted by Gasteiger charge is -2.20. The second-order valence-corrected chi connectivity index (χ2v) is 27.0. The van der Waals surface area contributed by atoms with Crippen molar-refractivity contribution in [3.8, 4) is 0 Å². The van der Waals surface area contributed by atoms with E-state index in [1.807, 2.05) is 6.08 Å². The molecule has 6 nitrogen and oxygen atoms in total. The minimum atomic E-state index is -0.840. The topological polar surface area (TPSA) is 95.9 Å². The van der Waals surface area contributed by atoms with E-state index in [0.29, 0.717) is 19.4 Å². The first-order valence-electron chi connectivity index (χ1n) is 39.1. The predicted octanol–water partition coefficient (Wildman–Crippen LogP) is 25.7. The minimum absolute atomic E-state index is 0.0266. The summed E-state index contributed by atoms with van der Waals surface area (Å²) in [5, 5.41) is 23.1. The van der Waals surface area contributed by atoms with Gasteiger partial charge < -0.3 is 20.3 Å². The number of carbonyl (C=O) groups is 2. The lowest BCUT2D eigenvalue weighted by molar-refractivity contribution is -0.143. The number of carbonyl (C=O) groups excluding carboxylic acids is 2. The summed E-state index contributed by atoms with van der Waals surface area (Å²) in [5.74, 6) is -0.0350. The summed E-state index contributed by atoms with van der Waals surface area (Å²) in [7, 11) is 0. The molecular weight excluding hydrogens is 1040 g/mol. The number of ether oxygens (including phenoxy) is 1. The van der Waals surface area contributed by atoms with Crippen molar-refractivity contribution in [3.05, 3.63) is 24.3 Å². The van der Waals surface area contributed by atoms with Crippen LogP contribution in [0.3, 0.4) is 0 Å². The zero-order valence-corrected chi connectivity index (χ0v) is 57.9. The Morgan fingerprint density at radius 1 is 0.318 bits per heavy atom. The summed E-state index contributed by atoms with van der Waals surface area (Å²) in [5.41, 5.74) is 0. The van der Waals surface area contributed by atoms with Gasteiger partial charge in [0, 0.05) is 12.8 Å². The summed E-state index contributed by atoms with van der Waals surface area (Å²) >= 11 is 0. The van der Waals surface area contributed by atoms with Crippen molar-refractivity contribution in [1.29, 1.82) is 0 Å². The second-order valence-electron chi connectivity index (χ2n) is 27.0. The summed E-state index contributed by atoms with van der Waals surface area (Å²) in [6.07, 6.45) is 96.0. The van der Waals surface area contributed by atoms with E-state index in [0.717, 1.165) is 38.5 Å². The monoisotopic (exact) mass is 1200 g/mol. The fourth-order valence-electron chi connectivity index (χ4n) is 12.5. The molecule has 1 amide bonds. The van der Waals surface area contributed by atoms with Crippen LogP contribution in [-0.4, -0.2) is 47.4 Å². The van der Waals surface area contributed by atoms with E-state index in [2.05, 4.69) is 31.3 Å². The first-order chi connectivity index (χ1) is 42.0. The van der Waals surface area contributed by atoms with Crippen molar-refractivity contribution in [1.82, 2.24) is 5.32 Å². The van der Waals surface area contributed by atoms with E-state index < -0.39 is 12.1 Å². The van der Waals surface area contributed by atoms with E-state index in [-0.39, 0.29) is 18.5 Å². The van der Waals surface area contributed by atoms with Crippen molar-refractivity contribution in [2.24, 2.45) is 0 Å². The van der Waals surface area contributed by atoms with Crippen LogP contribution in [0.15, 0.2) is 24.3 Å². The highest BCUT2D eigenvalue weighted by Gasteiger charge is 2.18. The van der Waals surface area contributed by atoms with Gasteiger partial charge in [-0.25, -0.2) is 0 Å². The van der Waals surface area contributed by atoms with Gasteiger partial charge in [-0.1, -0.05) is 398 Å². The van der Waals surface area contributed by atoms with Gasteiger partial charge in [-0.15, -0.1) is 0 Å². The first-order valence-corrected chi connectivity index (χ1v) is 39.1. The van der Waals surface area contributed by atoms with Gasteiger partial charge in [0.05, 0.1) is 25.4 Å². The van der Waals surface area contributed by atoms with Crippen LogP contribution in [0.5, 0.6) is 0 Å². The molecule has 0 aliphatic rings. The average Bonchev–Trinajstić information content (AvgIpc) is 3.50. The van der Waals surface area contributed by atoms with Crippen LogP contribution in [0.2, 0.25) is 0 Å². The molecule has 504 valence electrons. The van der Waals surface area contributed by atoms with Crippen LogP contribution in [0.25, 0.3) is 0 Å². The Bertz CT molecular complexity index is 1330. The van der Waals surface area contributed by atoms with Crippen molar-refractivity contribution < 1.29 is 24.5 Å². The molecule has 2 unspecified atom stereocenters. The van der Waals surface area contributed by atoms with Gasteiger partial charge >= 0.3 is 5.97 Å². The summed E-state index contributed by atoms with van der Waals surface area (Å²) in [6, 6.07) is -0.623. The highest BCUT2D eigenvalue weighted by Crippen LogP contribution is 2.20. The maximum atomic E-state index is 12.5. The largest absolute Gasteiger partial charge is 0.466 e. The highest BCUT2D eigenvalue weighted by atomic mass is 16.5. The number of allylic oxidation sites excluding steroid dienone is 3. The van der Waals surface area contributed by atoms with E-state index in [4.69, 9.17) is 4.74 Å². The SMILES string of the molecule is CCCCCCCCCCCCC/C=C/C(O)C(CO)NC(=O)CCCCCCCCCCCCCCCCCCC/C=C\CCCCCCCCCCCCCCCCCCCCOC(=O)CCCCCCCCCCCCCCCCCC. The minimum Gasteiger partial charge on any atom is -0.466 e. The highest BCUT2D eigenvalue weighted by molar-refractivity contribution is 5.76. The number of amides is 1. The van der Waals surface area contributed by atoms with Crippen molar-refractivity contribution in [2.45, 2.75) is 456 Å². The molecule has 6 heteroatoms. The fraction of sp³-hybridized carbons (Fsp3) is 0.924. The third kappa shape index (κ3) is 71.3. The third-order valence-electron chi connectivity index (χ3n) is 18.5. The Morgan fingerprint density at radius 3 is 0.835 bits per heavy atom. The molecular formula is C79H153NO5. The number of aliphatic hydroxyl groups is 2. The number of unbranched alkanes of at least 4 members (excludes halogenated alkanes) is 61. The molecule has 0 rings (SSSR count). The van der Waals surface area contributed by atoms with Crippen molar-refractivity contribution in [3.63, 3.8) is 0 Å². The second kappa shape index (κ2) is 74.8. The van der Waals surface area contributed by atoms with Gasteiger partial charge in [0.25, 0.3) is 0 Å². The zero-order valence-electron chi connectivity index (χ0n) is 57.9. The Hall–Kier alpha value is -1.66. The van der Waals surface area contributed by atoms with Gasteiger partial charge in [0.2, 0.25) is 5.91 Å². The Morgan fingerprint density at radius 2 is 0.553 bits per heavy atom. The molecule has 0 heterocycles. The van der Waals surface area contributed by atoms with E-state index in [1.54, 1.807) is 6.08 Å². The molecule has 2 atom stereocenters. The molecule has 0 aliphatic carbocycles. The predicted molar refractivity (Wildman–Crippen MR) is 375 cm³/mol. The molecule has 0 aliphatic heterocycles. The van der Waals surface area contributed by atoms with Crippen LogP contribution in [-0.2, 0) is 14.3 Å². The summed E-state index contributed by atoms with van der Waals surface area (Å²) in [6.45, 7) is 4.95. The lowest BCUT2D eigenvalue weighted by Crippen LogP contribution is -2.45. The number of hydrogen-bond donors (Lipinski definition) is 3. The summed E-state index contributed by atoms with van der Waals surface area (Å²) in [4.78, 5) is 24.6. The number of hydrogen-bond acceptors (Lipinski definition) is 5. The molecule has 0 radical (unpaired) electrons. The van der Waals surface area contributed by atoms with Gasteiger partial charge in [0.15, 0.2) is 0 Å². The Kier molecular flexibility index (Phi) is 73.3. The van der Waals surface area contributed by atoms with Gasteiger partial charge in [-0.2, -0.15) is 0 Å². The number of esters is 1. The smallest absolute Gasteiger partial charge is 0.305 e. The molecule has 0 aromatic heterocycles. The van der Waals surface area contributed by atoms with Crippen LogP contribution in [0.4, 0.5) is 0 Å². The van der Waals surface area contributed by atoms with Gasteiger partial charge in [-0.05, 0) is 57.8 Å². The van der Waals surface area contributed by atoms with Crippen LogP contribution >= 0.6 is 0 Å². The van der Waals surface area contributed by atoms with Crippen molar-refractivity contribution >= 4 is 11.9 Å². The fourth-order valence-corrected chi connectivity index (χ4v) is 12.5. The molecule has 85 heavy (non-hydrogen) atoms. The maximum Gasteiger partial charge on any atom is 0.305 e. The van der Waals surface area contributed by atoms with E-state index in [9.17, 15) is 19.8 Å². The van der Waals surface area contributed by atoms with Crippen LogP contribution in [0.1, 0.15) is 444 Å². The van der Waals surface area contributed by atoms with Gasteiger partial charge in [-0.3, -0.25) is 9.59 Å². The van der Waals surface area contributed by atoms with Gasteiger partial charge in [0.1, 0.15) is 0 Å². The molecule has 0 aromatic rings. The van der Waals surface area contributed by atoms with E-state index >= 15 is 0 Å². The van der Waals surface area contributed by atoms with Crippen molar-refractivity contribution in [2.75, 3.05) is 13.2 Å². The van der Waals surface area contributed by atoms with Crippen LogP contribution in [0, 0.1) is 0 Å². The first kappa shape index (κ1) is 83.3. The number of rotatable bonds is 74. The maximum absolute atomic E-state index is 12.5. The molecule has 0 saturated carbocycles. The summed E-state index contributed by atoms with van der Waals surface area (Å²) < 4.78 is 5.51. The zero-order chi connectivity index (χ0) is 61.3. The van der Waals surface area contributed by atoms with E-state index in [1.165, 1.54) is 379 Å². The Balaban J connectivity index is 3.31. The average molecular weight is 1200 g/mol. The normalized spacial score (nSPS) is 12.6. The quantitative estimate of drug-likeness (QED) is 0.0320. The molecule has 0 spiro atoms. The standard InChI is InChI=1S/C79H153NO5/c1-3-5-7-9-11-13-15-17-18-45-49-53-57-61-65-69-73-79(84)85-74-70-66-62-58-54-50-46-43-41-39-37-35-33-31-29-27-25-23-21-19-20-22-24-26-28-30-32-34-36-38-40-42-44-48-52-56-60-64-68-72-78(83)80-76(75-81)77(82)71-67-63-59-55-51-47-16-14-12-10-8-6-4-2/h19-20,67,71,76-77,81-82H,3-18,21-66,68-70,72-75H2,1-2H3,(H,80,83)/b20-19-,71-67+. The molecule has 0 fully saturated rings. The molecule has 0 saturated heterocycles. The Labute approximate surface area is 532 Å². The van der Waals surface area contributed by atoms with Crippen LogP contribution < -0.4 is 5.32 Å². The lowest BCUT2D eigenvalue weighted by atomic mass is 10.0. The molecule has 0 bridgehead atoms. The molecule has 3 N–H and O–H groups in total. The number of nitrogens with one attached hydrogen (secondary N) is 1. The molecule has 0 aromatic carbocycles. The third-order valence-corrected chi connectivity index (χ3v) is 18.5. The number of aliphatic hydroxyl groups excluding tert-OH is 2.